The van der Waals surface area contributed by atoms with E-state index in [2.05, 4.69) is 31.0 Å². The highest BCUT2D eigenvalue weighted by Crippen LogP contribution is 2.52. The first-order valence-electron chi connectivity index (χ1n) is 9.52. The molecule has 6 nitrogen and oxygen atoms in total. The van der Waals surface area contributed by atoms with Crippen molar-refractivity contribution >= 4 is 11.9 Å². The van der Waals surface area contributed by atoms with Crippen molar-refractivity contribution < 1.29 is 14.7 Å². The third kappa shape index (κ3) is 5.48. The number of carboxylic acids is 1. The summed E-state index contributed by atoms with van der Waals surface area (Å²) in [5.74, 6) is -1.13. The Morgan fingerprint density at radius 3 is 2.65 bits per heavy atom. The molecule has 1 amide bonds. The van der Waals surface area contributed by atoms with Crippen molar-refractivity contribution in [2.24, 2.45) is 10.8 Å². The summed E-state index contributed by atoms with van der Waals surface area (Å²) in [6, 6.07) is 2.44. The summed E-state index contributed by atoms with van der Waals surface area (Å²) in [5, 5.41) is 20.8. The highest BCUT2D eigenvalue weighted by atomic mass is 16.4. The molecule has 0 aromatic carbocycles. The highest BCUT2D eigenvalue weighted by molar-refractivity contribution is 5.97. The van der Waals surface area contributed by atoms with Crippen molar-refractivity contribution in [3.05, 3.63) is 11.8 Å². The van der Waals surface area contributed by atoms with Crippen molar-refractivity contribution in [2.45, 2.75) is 71.8 Å². The van der Waals surface area contributed by atoms with E-state index in [0.717, 1.165) is 32.2 Å². The number of carbonyl (C=O) groups excluding carboxylic acids is 1. The molecule has 2 rings (SSSR count). The summed E-state index contributed by atoms with van der Waals surface area (Å²) in [6.07, 6.45) is 7.36. The summed E-state index contributed by atoms with van der Waals surface area (Å²) in [6.45, 7) is 8.26. The van der Waals surface area contributed by atoms with Gasteiger partial charge in [0.05, 0.1) is 0 Å². The second-order valence-corrected chi connectivity index (χ2v) is 9.00. The summed E-state index contributed by atoms with van der Waals surface area (Å²) >= 11 is 0. The molecule has 26 heavy (non-hydrogen) atoms. The van der Waals surface area contributed by atoms with E-state index in [9.17, 15) is 14.9 Å². The Labute approximate surface area is 156 Å². The largest absolute Gasteiger partial charge is 0.481 e. The number of carboxylic acid groups (broad SMARTS) is 1. The molecule has 1 saturated heterocycles. The number of aliphatic carboxylic acids is 1. The van der Waals surface area contributed by atoms with Crippen LogP contribution in [0.25, 0.3) is 0 Å². The van der Waals surface area contributed by atoms with Crippen LogP contribution in [-0.4, -0.2) is 41.0 Å². The smallest absolute Gasteiger partial charge is 0.303 e. The minimum absolute atomic E-state index is 0.156. The number of hydrogen-bond acceptors (Lipinski definition) is 4. The Morgan fingerprint density at radius 2 is 2.00 bits per heavy atom. The van der Waals surface area contributed by atoms with Gasteiger partial charge in [0.25, 0.3) is 5.91 Å². The van der Waals surface area contributed by atoms with Crippen LogP contribution in [0.3, 0.4) is 0 Å². The average Bonchev–Trinajstić information content (AvgIpc) is 2.75. The number of hydrogen-bond donors (Lipinski definition) is 2. The normalized spacial score (nSPS) is 27.1. The van der Waals surface area contributed by atoms with Crippen molar-refractivity contribution in [1.82, 2.24) is 10.2 Å². The van der Waals surface area contributed by atoms with Crippen LogP contribution in [0, 0.1) is 22.2 Å². The first kappa shape index (κ1) is 20.3. The van der Waals surface area contributed by atoms with E-state index < -0.39 is 5.97 Å². The average molecular weight is 361 g/mol. The van der Waals surface area contributed by atoms with Gasteiger partial charge in [-0.2, -0.15) is 5.26 Å². The van der Waals surface area contributed by atoms with Gasteiger partial charge in [0.1, 0.15) is 11.6 Å². The molecule has 2 fully saturated rings. The molecular formula is C20H31N3O3. The molecule has 6 heteroatoms. The Balaban J connectivity index is 1.87. The molecule has 1 aliphatic carbocycles. The van der Waals surface area contributed by atoms with Crippen LogP contribution in [-0.2, 0) is 9.59 Å². The van der Waals surface area contributed by atoms with E-state index >= 15 is 0 Å². The quantitative estimate of drug-likeness (QED) is 0.394. The molecular weight excluding hydrogens is 330 g/mol. The summed E-state index contributed by atoms with van der Waals surface area (Å²) < 4.78 is 0. The van der Waals surface area contributed by atoms with Crippen LogP contribution in [0.4, 0.5) is 0 Å². The number of unbranched alkanes of at least 4 members (excludes halogenated alkanes) is 2. The molecule has 2 unspecified atom stereocenters. The topological polar surface area (TPSA) is 93.4 Å². The molecule has 2 atom stereocenters. The number of carbonyl (C=O) groups is 2. The number of likely N-dealkylation sites (tertiary alicyclic amines) is 1. The van der Waals surface area contributed by atoms with Crippen LogP contribution in [0.15, 0.2) is 11.8 Å². The van der Waals surface area contributed by atoms with Gasteiger partial charge in [-0.1, -0.05) is 27.2 Å². The Morgan fingerprint density at radius 1 is 1.27 bits per heavy atom. The van der Waals surface area contributed by atoms with E-state index in [1.54, 1.807) is 6.20 Å². The Kier molecular flexibility index (Phi) is 6.33. The van der Waals surface area contributed by atoms with Gasteiger partial charge in [-0.05, 0) is 42.9 Å². The van der Waals surface area contributed by atoms with E-state index in [-0.39, 0.29) is 23.3 Å². The second kappa shape index (κ2) is 8.11. The van der Waals surface area contributed by atoms with Crippen molar-refractivity contribution in [3.63, 3.8) is 0 Å². The number of nitriles is 1. The third-order valence-electron chi connectivity index (χ3n) is 5.47. The zero-order valence-electron chi connectivity index (χ0n) is 16.2. The Hall–Kier alpha value is -2.03. The van der Waals surface area contributed by atoms with Crippen LogP contribution in [0.5, 0.6) is 0 Å². The molecule has 0 aromatic rings. The lowest BCUT2D eigenvalue weighted by Crippen LogP contribution is -2.34. The fourth-order valence-electron chi connectivity index (χ4n) is 4.83. The summed E-state index contributed by atoms with van der Waals surface area (Å²) in [5.41, 5.74) is 0.708. The van der Waals surface area contributed by atoms with Crippen LogP contribution in [0.1, 0.15) is 65.7 Å². The fraction of sp³-hybridized carbons (Fsp3) is 0.750. The van der Waals surface area contributed by atoms with Gasteiger partial charge in [-0.3, -0.25) is 9.59 Å². The maximum absolute atomic E-state index is 12.3. The molecule has 144 valence electrons. The third-order valence-corrected chi connectivity index (χ3v) is 5.47. The maximum atomic E-state index is 12.3. The van der Waals surface area contributed by atoms with Crippen LogP contribution >= 0.6 is 0 Å². The first-order chi connectivity index (χ1) is 12.1. The van der Waals surface area contributed by atoms with Crippen molar-refractivity contribution in [3.8, 4) is 6.07 Å². The van der Waals surface area contributed by atoms with Gasteiger partial charge < -0.3 is 15.3 Å². The number of rotatable bonds is 8. The minimum Gasteiger partial charge on any atom is -0.481 e. The highest BCUT2D eigenvalue weighted by Gasteiger charge is 2.48. The Bertz CT molecular complexity index is 620. The molecule has 2 aliphatic rings. The predicted molar refractivity (Wildman–Crippen MR) is 99.0 cm³/mol. The van der Waals surface area contributed by atoms with Gasteiger partial charge in [0.15, 0.2) is 0 Å². The maximum Gasteiger partial charge on any atom is 0.303 e. The molecule has 0 aromatic heterocycles. The fourth-order valence-corrected chi connectivity index (χ4v) is 4.83. The summed E-state index contributed by atoms with van der Waals surface area (Å²) in [7, 11) is 0. The lowest BCUT2D eigenvalue weighted by molar-refractivity contribution is -0.137. The number of nitrogens with zero attached hydrogens (tertiary/aromatic N) is 2. The molecule has 0 spiro atoms. The van der Waals surface area contributed by atoms with E-state index in [1.807, 2.05) is 6.07 Å². The first-order valence-corrected chi connectivity index (χ1v) is 9.52. The standard InChI is InChI=1S/C20H31N3O3/c1-19(2)9-16-10-20(3,13-19)14-23(16)12-15(11-21)18(26)22-8-6-4-5-7-17(24)25/h12,16H,4-10,13-14H2,1-3H3,(H,22,26)(H,24,25)/b15-12-. The molecule has 2 N–H and O–H groups in total. The summed E-state index contributed by atoms with van der Waals surface area (Å²) in [4.78, 5) is 24.9. The second-order valence-electron chi connectivity index (χ2n) is 9.00. The van der Waals surface area contributed by atoms with E-state index in [0.29, 0.717) is 24.4 Å². The zero-order chi connectivity index (χ0) is 19.4. The van der Waals surface area contributed by atoms with Gasteiger partial charge >= 0.3 is 5.97 Å². The van der Waals surface area contributed by atoms with Crippen molar-refractivity contribution in [2.75, 3.05) is 13.1 Å². The molecule has 1 heterocycles. The SMILES string of the molecule is CC1(C)CC2CC(C)(CN2/C=C(/C#N)C(=O)NCCCCCC(=O)O)C1. The van der Waals surface area contributed by atoms with Crippen LogP contribution in [0.2, 0.25) is 0 Å². The predicted octanol–water partition coefficient (Wildman–Crippen LogP) is 3.06. The van der Waals surface area contributed by atoms with Gasteiger partial charge in [-0.25, -0.2) is 0 Å². The van der Waals surface area contributed by atoms with Crippen molar-refractivity contribution in [1.29, 1.82) is 5.26 Å². The van der Waals surface area contributed by atoms with Gasteiger partial charge in [-0.15, -0.1) is 0 Å². The molecule has 2 bridgehead atoms. The zero-order valence-corrected chi connectivity index (χ0v) is 16.2. The molecule has 1 aliphatic heterocycles. The number of nitrogens with one attached hydrogen (secondary N) is 1. The molecule has 0 radical (unpaired) electrons. The molecule has 1 saturated carbocycles. The lowest BCUT2D eigenvalue weighted by Gasteiger charge is -2.39. The number of amides is 1. The lowest BCUT2D eigenvalue weighted by atomic mass is 9.65. The van der Waals surface area contributed by atoms with Gasteiger partial charge in [0.2, 0.25) is 0 Å². The van der Waals surface area contributed by atoms with E-state index in [4.69, 9.17) is 5.11 Å². The monoisotopic (exact) mass is 361 g/mol. The number of fused-ring (bicyclic) bond motifs is 2. The minimum atomic E-state index is -0.795. The van der Waals surface area contributed by atoms with Gasteiger partial charge in [0, 0.05) is 31.8 Å². The van der Waals surface area contributed by atoms with E-state index in [1.165, 1.54) is 6.42 Å². The van der Waals surface area contributed by atoms with Crippen LogP contribution < -0.4 is 5.32 Å².